The SMILES string of the molecule is C=C(C)N(CC[C@]12C(=Nc3ccccc3[C@]13CCN(Cc1ccc([N+](=O)[O-])cc1)C3=O)N(C)c1ccccc12)C(=O)C(=O)N(C(C)C)C(C)C. The van der Waals surface area contributed by atoms with Crippen LogP contribution in [0.2, 0.25) is 0 Å². The molecule has 0 radical (unpaired) electrons. The van der Waals surface area contributed by atoms with E-state index in [1.807, 2.05) is 88.2 Å². The second kappa shape index (κ2) is 12.9. The van der Waals surface area contributed by atoms with Crippen molar-refractivity contribution in [1.82, 2.24) is 14.7 Å². The highest BCUT2D eigenvalue weighted by atomic mass is 16.6. The van der Waals surface area contributed by atoms with E-state index in [9.17, 15) is 19.7 Å². The van der Waals surface area contributed by atoms with E-state index in [2.05, 4.69) is 11.5 Å². The summed E-state index contributed by atoms with van der Waals surface area (Å²) in [6.45, 7) is 14.2. The summed E-state index contributed by atoms with van der Waals surface area (Å²) in [4.78, 5) is 66.1. The summed E-state index contributed by atoms with van der Waals surface area (Å²) < 4.78 is 0. The predicted octanol–water partition coefficient (Wildman–Crippen LogP) is 6.09. The van der Waals surface area contributed by atoms with E-state index >= 15 is 4.79 Å². The number of aliphatic imine (C=N–C) groups is 1. The monoisotopic (exact) mass is 676 g/mol. The topological polar surface area (TPSA) is 120 Å². The molecule has 1 fully saturated rings. The molecular formula is C39H44N6O5. The number of likely N-dealkylation sites (N-methyl/N-ethyl adjacent to an activating group) is 1. The van der Waals surface area contributed by atoms with E-state index in [1.165, 1.54) is 17.0 Å². The number of non-ortho nitro benzene ring substituents is 1. The number of allylic oxidation sites excluding steroid dienone is 1. The van der Waals surface area contributed by atoms with Crippen molar-refractivity contribution in [3.05, 3.63) is 112 Å². The quantitative estimate of drug-likeness (QED) is 0.154. The first-order valence-electron chi connectivity index (χ1n) is 17.1. The molecule has 3 heterocycles. The van der Waals surface area contributed by atoms with Gasteiger partial charge in [-0.3, -0.25) is 24.5 Å². The second-order valence-electron chi connectivity index (χ2n) is 14.1. The van der Waals surface area contributed by atoms with E-state index < -0.39 is 27.6 Å². The van der Waals surface area contributed by atoms with Crippen LogP contribution in [0.4, 0.5) is 17.1 Å². The number of carbonyl (C=O) groups is 3. The molecular weight excluding hydrogens is 632 g/mol. The van der Waals surface area contributed by atoms with Gasteiger partial charge in [0.05, 0.1) is 21.4 Å². The summed E-state index contributed by atoms with van der Waals surface area (Å²) in [5.74, 6) is -0.606. The van der Waals surface area contributed by atoms with Crippen molar-refractivity contribution >= 4 is 40.6 Å². The number of rotatable bonds is 9. The zero-order valence-corrected chi connectivity index (χ0v) is 29.6. The van der Waals surface area contributed by atoms with Crippen LogP contribution in [0.3, 0.4) is 0 Å². The third-order valence-electron chi connectivity index (χ3n) is 10.6. The van der Waals surface area contributed by atoms with E-state index in [0.717, 1.165) is 33.9 Å². The van der Waals surface area contributed by atoms with Gasteiger partial charge in [-0.05, 0) is 76.3 Å². The molecule has 0 saturated carbocycles. The largest absolute Gasteiger partial charge is 0.338 e. The van der Waals surface area contributed by atoms with Crippen molar-refractivity contribution in [3.63, 3.8) is 0 Å². The zero-order valence-electron chi connectivity index (χ0n) is 29.6. The van der Waals surface area contributed by atoms with Gasteiger partial charge in [-0.25, -0.2) is 4.99 Å². The molecule has 3 aliphatic heterocycles. The molecule has 1 saturated heterocycles. The highest BCUT2D eigenvalue weighted by Gasteiger charge is 2.69. The fourth-order valence-electron chi connectivity index (χ4n) is 8.53. The number of anilines is 1. The molecule has 0 aliphatic carbocycles. The Morgan fingerprint density at radius 3 is 2.20 bits per heavy atom. The molecule has 3 aromatic rings. The first-order chi connectivity index (χ1) is 23.8. The minimum absolute atomic E-state index is 0.00964. The first kappa shape index (κ1) is 34.5. The lowest BCUT2D eigenvalue weighted by Crippen LogP contribution is -2.61. The van der Waals surface area contributed by atoms with Gasteiger partial charge >= 0.3 is 11.8 Å². The Kier molecular flexibility index (Phi) is 8.88. The number of hydrogen-bond donors (Lipinski definition) is 0. The van der Waals surface area contributed by atoms with Gasteiger partial charge in [0.25, 0.3) is 5.69 Å². The molecule has 260 valence electrons. The van der Waals surface area contributed by atoms with E-state index in [-0.39, 0.29) is 36.8 Å². The number of likely N-dealkylation sites (tertiary alicyclic amines) is 1. The Hall–Kier alpha value is -5.32. The Morgan fingerprint density at radius 2 is 1.58 bits per heavy atom. The van der Waals surface area contributed by atoms with Crippen LogP contribution in [-0.2, 0) is 31.8 Å². The average molecular weight is 677 g/mol. The number of para-hydroxylation sites is 2. The molecule has 3 amide bonds. The van der Waals surface area contributed by atoms with E-state index in [0.29, 0.717) is 25.1 Å². The first-order valence-corrected chi connectivity index (χ1v) is 17.1. The molecule has 50 heavy (non-hydrogen) atoms. The van der Waals surface area contributed by atoms with Gasteiger partial charge < -0.3 is 19.6 Å². The van der Waals surface area contributed by atoms with Crippen molar-refractivity contribution in [3.8, 4) is 0 Å². The molecule has 3 aliphatic rings. The Labute approximate surface area is 293 Å². The number of amides is 3. The summed E-state index contributed by atoms with van der Waals surface area (Å²) in [5.41, 5.74) is 2.52. The van der Waals surface area contributed by atoms with Crippen molar-refractivity contribution < 1.29 is 19.3 Å². The zero-order chi connectivity index (χ0) is 36.1. The van der Waals surface area contributed by atoms with Crippen LogP contribution in [0.25, 0.3) is 0 Å². The van der Waals surface area contributed by atoms with Crippen LogP contribution in [0.1, 0.15) is 64.2 Å². The maximum Gasteiger partial charge on any atom is 0.316 e. The van der Waals surface area contributed by atoms with Gasteiger partial charge in [-0.1, -0.05) is 55.1 Å². The highest BCUT2D eigenvalue weighted by molar-refractivity contribution is 6.35. The molecule has 6 rings (SSSR count). The Bertz CT molecular complexity index is 1910. The fourth-order valence-corrected chi connectivity index (χ4v) is 8.53. The fraction of sp³-hybridized carbons (Fsp3) is 0.385. The van der Waals surface area contributed by atoms with Crippen LogP contribution in [-0.4, -0.2) is 75.4 Å². The van der Waals surface area contributed by atoms with Crippen LogP contribution in [0, 0.1) is 10.1 Å². The number of hydrogen-bond acceptors (Lipinski definition) is 7. The number of carbonyl (C=O) groups excluding carboxylic acids is 3. The lowest BCUT2D eigenvalue weighted by molar-refractivity contribution is -0.384. The maximum absolute atomic E-state index is 15.3. The third-order valence-corrected chi connectivity index (χ3v) is 10.6. The normalized spacial score (nSPS) is 20.5. The lowest BCUT2D eigenvalue weighted by atomic mass is 9.53. The third kappa shape index (κ3) is 5.18. The predicted molar refractivity (Wildman–Crippen MR) is 193 cm³/mol. The average Bonchev–Trinajstić information content (AvgIpc) is 3.53. The summed E-state index contributed by atoms with van der Waals surface area (Å²) in [5, 5.41) is 11.3. The van der Waals surface area contributed by atoms with Gasteiger partial charge in [-0.15, -0.1) is 0 Å². The van der Waals surface area contributed by atoms with Gasteiger partial charge in [0, 0.05) is 62.3 Å². The van der Waals surface area contributed by atoms with Gasteiger partial charge in [0.2, 0.25) is 5.91 Å². The highest BCUT2D eigenvalue weighted by Crippen LogP contribution is 2.63. The number of nitrogens with zero attached hydrogens (tertiary/aromatic N) is 6. The van der Waals surface area contributed by atoms with E-state index in [1.54, 1.807) is 24.0 Å². The smallest absolute Gasteiger partial charge is 0.316 e. The molecule has 11 heteroatoms. The van der Waals surface area contributed by atoms with Gasteiger partial charge in [-0.2, -0.15) is 0 Å². The summed E-state index contributed by atoms with van der Waals surface area (Å²) in [6.07, 6.45) is 0.777. The van der Waals surface area contributed by atoms with Crippen LogP contribution in [0.15, 0.2) is 90.1 Å². The lowest BCUT2D eigenvalue weighted by Gasteiger charge is -2.49. The van der Waals surface area contributed by atoms with Gasteiger partial charge in [0.1, 0.15) is 5.84 Å². The maximum atomic E-state index is 15.3. The number of amidine groups is 1. The summed E-state index contributed by atoms with van der Waals surface area (Å²) in [6, 6.07) is 21.7. The molecule has 0 N–H and O–H groups in total. The summed E-state index contributed by atoms with van der Waals surface area (Å²) >= 11 is 0. The molecule has 0 unspecified atom stereocenters. The standard InChI is InChI=1S/C39H44N6O5/c1-25(2)43(34(46)35(47)44(26(3)4)27(5)6)23-21-38-31-13-9-11-15-33(31)41(7)36(38)40-32-14-10-8-12-30(32)39(38)20-22-42(37(39)48)24-28-16-18-29(19-17-28)45(49)50/h8-19,26-27H,1,20-24H2,2-7H3/t38-,39-/m0/s1. The molecule has 2 atom stereocenters. The molecule has 11 nitrogen and oxygen atoms in total. The second-order valence-corrected chi connectivity index (χ2v) is 14.1. The molecule has 0 aromatic heterocycles. The minimum Gasteiger partial charge on any atom is -0.338 e. The van der Waals surface area contributed by atoms with Crippen molar-refractivity contribution in [2.75, 3.05) is 25.0 Å². The molecule has 0 bridgehead atoms. The van der Waals surface area contributed by atoms with E-state index in [4.69, 9.17) is 4.99 Å². The van der Waals surface area contributed by atoms with Crippen molar-refractivity contribution in [1.29, 1.82) is 0 Å². The number of nitro groups is 1. The Morgan fingerprint density at radius 1 is 0.960 bits per heavy atom. The minimum atomic E-state index is -1.10. The van der Waals surface area contributed by atoms with Gasteiger partial charge in [0.15, 0.2) is 0 Å². The van der Waals surface area contributed by atoms with Crippen LogP contribution < -0.4 is 4.90 Å². The molecule has 1 spiro atoms. The van der Waals surface area contributed by atoms with Crippen molar-refractivity contribution in [2.45, 2.75) is 76.9 Å². The number of nitro benzene ring substituents is 1. The number of benzene rings is 3. The van der Waals surface area contributed by atoms with Crippen LogP contribution >= 0.6 is 0 Å². The molecule has 3 aromatic carbocycles. The van der Waals surface area contributed by atoms with Crippen molar-refractivity contribution in [2.24, 2.45) is 4.99 Å². The summed E-state index contributed by atoms with van der Waals surface area (Å²) in [7, 11) is 1.96. The Balaban J connectivity index is 1.48. The van der Waals surface area contributed by atoms with Crippen LogP contribution in [0.5, 0.6) is 0 Å². The number of fused-ring (bicyclic) bond motifs is 6.